The molecular formula is C11H23ClN2O3. The Morgan fingerprint density at radius 3 is 2.76 bits per heavy atom. The summed E-state index contributed by atoms with van der Waals surface area (Å²) in [6.45, 7) is 7.64. The van der Waals surface area contributed by atoms with Crippen LogP contribution in [0.4, 0.5) is 0 Å². The number of methoxy groups -OCH3 is 1. The average Bonchev–Trinajstić information content (AvgIpc) is 2.27. The predicted octanol–water partition coefficient (Wildman–Crippen LogP) is 0.326. The van der Waals surface area contributed by atoms with Gasteiger partial charge in [-0.15, -0.1) is 12.4 Å². The lowest BCUT2D eigenvalue weighted by Gasteiger charge is -2.31. The predicted molar refractivity (Wildman–Crippen MR) is 68.6 cm³/mol. The minimum absolute atomic E-state index is 0. The zero-order chi connectivity index (χ0) is 12.2. The monoisotopic (exact) mass is 266 g/mol. The van der Waals surface area contributed by atoms with E-state index in [0.717, 1.165) is 6.54 Å². The molecule has 1 aliphatic rings. The van der Waals surface area contributed by atoms with Gasteiger partial charge in [0.05, 0.1) is 18.3 Å². The summed E-state index contributed by atoms with van der Waals surface area (Å²) in [4.78, 5) is 11.9. The molecule has 1 heterocycles. The standard InChI is InChI=1S/C11H22N2O3.ClH/c1-8-9(12-5-6-16-8)10(14)13-7-11(2,3)15-4;/h8-9,12H,5-7H2,1-4H3,(H,13,14);1H/t8-,9+;/m1./s1. The quantitative estimate of drug-likeness (QED) is 0.770. The molecule has 5 nitrogen and oxygen atoms in total. The van der Waals surface area contributed by atoms with Crippen molar-refractivity contribution in [2.45, 2.75) is 38.5 Å². The van der Waals surface area contributed by atoms with Crippen molar-refractivity contribution >= 4 is 18.3 Å². The van der Waals surface area contributed by atoms with Gasteiger partial charge in [0, 0.05) is 20.2 Å². The topological polar surface area (TPSA) is 59.6 Å². The van der Waals surface area contributed by atoms with Crippen LogP contribution in [0.1, 0.15) is 20.8 Å². The highest BCUT2D eigenvalue weighted by Crippen LogP contribution is 2.07. The van der Waals surface area contributed by atoms with Gasteiger partial charge in [-0.2, -0.15) is 0 Å². The molecule has 0 spiro atoms. The van der Waals surface area contributed by atoms with Gasteiger partial charge in [0.2, 0.25) is 5.91 Å². The van der Waals surface area contributed by atoms with E-state index in [1.165, 1.54) is 0 Å². The molecule has 1 fully saturated rings. The molecule has 1 saturated heterocycles. The van der Waals surface area contributed by atoms with Crippen LogP contribution >= 0.6 is 12.4 Å². The summed E-state index contributed by atoms with van der Waals surface area (Å²) in [6.07, 6.45) is -0.0839. The van der Waals surface area contributed by atoms with E-state index in [1.54, 1.807) is 7.11 Å². The van der Waals surface area contributed by atoms with Crippen LogP contribution in [-0.4, -0.2) is 50.5 Å². The Labute approximate surface area is 109 Å². The third-order valence-corrected chi connectivity index (χ3v) is 2.84. The Morgan fingerprint density at radius 2 is 2.24 bits per heavy atom. The number of rotatable bonds is 4. The molecule has 0 unspecified atom stereocenters. The summed E-state index contributed by atoms with van der Waals surface area (Å²) in [5, 5.41) is 6.01. The van der Waals surface area contributed by atoms with E-state index in [2.05, 4.69) is 10.6 Å². The van der Waals surface area contributed by atoms with Gasteiger partial charge in [0.1, 0.15) is 6.04 Å². The Kier molecular flexibility index (Phi) is 7.01. The van der Waals surface area contributed by atoms with Gasteiger partial charge in [-0.25, -0.2) is 0 Å². The summed E-state index contributed by atoms with van der Waals surface area (Å²) in [5.41, 5.74) is -0.339. The molecule has 1 rings (SSSR count). The lowest BCUT2D eigenvalue weighted by molar-refractivity contribution is -0.130. The van der Waals surface area contributed by atoms with Crippen molar-refractivity contribution in [1.82, 2.24) is 10.6 Å². The van der Waals surface area contributed by atoms with Crippen LogP contribution < -0.4 is 10.6 Å². The van der Waals surface area contributed by atoms with Gasteiger partial charge < -0.3 is 20.1 Å². The van der Waals surface area contributed by atoms with E-state index < -0.39 is 0 Å². The van der Waals surface area contributed by atoms with Crippen molar-refractivity contribution < 1.29 is 14.3 Å². The molecule has 2 atom stereocenters. The Hall–Kier alpha value is -0.360. The maximum Gasteiger partial charge on any atom is 0.239 e. The first-order chi connectivity index (χ1) is 7.46. The van der Waals surface area contributed by atoms with Gasteiger partial charge in [-0.1, -0.05) is 0 Å². The molecule has 1 amide bonds. The van der Waals surface area contributed by atoms with Crippen LogP contribution in [0.25, 0.3) is 0 Å². The second kappa shape index (κ2) is 7.16. The number of halogens is 1. The van der Waals surface area contributed by atoms with Crippen LogP contribution in [0.5, 0.6) is 0 Å². The van der Waals surface area contributed by atoms with Crippen LogP contribution in [0, 0.1) is 0 Å². The van der Waals surface area contributed by atoms with Crippen molar-refractivity contribution in [3.05, 3.63) is 0 Å². The van der Waals surface area contributed by atoms with E-state index in [9.17, 15) is 4.79 Å². The molecule has 0 aromatic rings. The highest BCUT2D eigenvalue weighted by molar-refractivity contribution is 5.85. The minimum Gasteiger partial charge on any atom is -0.377 e. The normalized spacial score (nSPS) is 24.9. The number of amides is 1. The summed E-state index contributed by atoms with van der Waals surface area (Å²) in [7, 11) is 1.64. The summed E-state index contributed by atoms with van der Waals surface area (Å²) >= 11 is 0. The fourth-order valence-electron chi connectivity index (χ4n) is 1.51. The minimum atomic E-state index is -0.339. The highest BCUT2D eigenvalue weighted by Gasteiger charge is 2.29. The van der Waals surface area contributed by atoms with E-state index in [-0.39, 0.29) is 36.1 Å². The van der Waals surface area contributed by atoms with Crippen molar-refractivity contribution in [2.24, 2.45) is 0 Å². The third-order valence-electron chi connectivity index (χ3n) is 2.84. The molecule has 0 aromatic heterocycles. The van der Waals surface area contributed by atoms with Gasteiger partial charge in [-0.05, 0) is 20.8 Å². The molecule has 2 N–H and O–H groups in total. The molecule has 0 aromatic carbocycles. The first-order valence-corrected chi connectivity index (χ1v) is 5.64. The number of ether oxygens (including phenoxy) is 2. The molecule has 0 bridgehead atoms. The summed E-state index contributed by atoms with van der Waals surface area (Å²) in [6, 6.07) is -0.263. The maximum atomic E-state index is 11.9. The highest BCUT2D eigenvalue weighted by atomic mass is 35.5. The number of hydrogen-bond donors (Lipinski definition) is 2. The molecular weight excluding hydrogens is 244 g/mol. The molecule has 6 heteroatoms. The Bertz CT molecular complexity index is 249. The van der Waals surface area contributed by atoms with E-state index >= 15 is 0 Å². The first kappa shape index (κ1) is 16.6. The molecule has 0 aliphatic carbocycles. The van der Waals surface area contributed by atoms with Crippen LogP contribution in [0.15, 0.2) is 0 Å². The number of carbonyl (C=O) groups excluding carboxylic acids is 1. The Balaban J connectivity index is 0.00000256. The van der Waals surface area contributed by atoms with Gasteiger partial charge in [0.25, 0.3) is 0 Å². The van der Waals surface area contributed by atoms with E-state index in [1.807, 2.05) is 20.8 Å². The molecule has 17 heavy (non-hydrogen) atoms. The third kappa shape index (κ3) is 5.21. The SMILES string of the molecule is COC(C)(C)CNC(=O)[C@H]1NCCO[C@@H]1C.Cl. The maximum absolute atomic E-state index is 11.9. The molecule has 1 aliphatic heterocycles. The fraction of sp³-hybridized carbons (Fsp3) is 0.909. The zero-order valence-electron chi connectivity index (χ0n) is 10.9. The molecule has 0 radical (unpaired) electrons. The van der Waals surface area contributed by atoms with Gasteiger partial charge in [-0.3, -0.25) is 4.79 Å². The van der Waals surface area contributed by atoms with Crippen molar-refractivity contribution in [2.75, 3.05) is 26.8 Å². The summed E-state index contributed by atoms with van der Waals surface area (Å²) < 4.78 is 10.7. The average molecular weight is 267 g/mol. The molecule has 0 saturated carbocycles. The number of hydrogen-bond acceptors (Lipinski definition) is 4. The van der Waals surface area contributed by atoms with Crippen molar-refractivity contribution in [3.63, 3.8) is 0 Å². The lowest BCUT2D eigenvalue weighted by Crippen LogP contribution is -2.57. The Morgan fingerprint density at radius 1 is 1.59 bits per heavy atom. The number of nitrogens with one attached hydrogen (secondary N) is 2. The zero-order valence-corrected chi connectivity index (χ0v) is 11.7. The van der Waals surface area contributed by atoms with E-state index in [0.29, 0.717) is 13.2 Å². The summed E-state index contributed by atoms with van der Waals surface area (Å²) in [5.74, 6) is -0.0303. The first-order valence-electron chi connectivity index (χ1n) is 5.64. The van der Waals surface area contributed by atoms with Crippen molar-refractivity contribution in [3.8, 4) is 0 Å². The fourth-order valence-corrected chi connectivity index (χ4v) is 1.51. The largest absolute Gasteiger partial charge is 0.377 e. The lowest BCUT2D eigenvalue weighted by atomic mass is 10.1. The second-order valence-electron chi connectivity index (χ2n) is 4.69. The number of morpholine rings is 1. The van der Waals surface area contributed by atoms with Gasteiger partial charge >= 0.3 is 0 Å². The van der Waals surface area contributed by atoms with Crippen LogP contribution in [0.3, 0.4) is 0 Å². The molecule has 102 valence electrons. The smallest absolute Gasteiger partial charge is 0.239 e. The van der Waals surface area contributed by atoms with Crippen LogP contribution in [-0.2, 0) is 14.3 Å². The van der Waals surface area contributed by atoms with Gasteiger partial charge in [0.15, 0.2) is 0 Å². The van der Waals surface area contributed by atoms with Crippen molar-refractivity contribution in [1.29, 1.82) is 0 Å². The van der Waals surface area contributed by atoms with Crippen LogP contribution in [0.2, 0.25) is 0 Å². The van der Waals surface area contributed by atoms with E-state index in [4.69, 9.17) is 9.47 Å². The number of carbonyl (C=O) groups is 1. The second-order valence-corrected chi connectivity index (χ2v) is 4.69.